The predicted octanol–water partition coefficient (Wildman–Crippen LogP) is 4.10. The molecule has 0 heterocycles. The number of nitrogens with zero attached hydrogens (tertiary/aromatic N) is 1. The van der Waals surface area contributed by atoms with E-state index in [4.69, 9.17) is 0 Å². The zero-order valence-corrected chi connectivity index (χ0v) is 12.1. The van der Waals surface area contributed by atoms with Gasteiger partial charge in [-0.15, -0.1) is 0 Å². The van der Waals surface area contributed by atoms with Gasteiger partial charge in [-0.1, -0.05) is 28.8 Å². The maximum absolute atomic E-state index is 13.1. The molecular weight excluding hydrogens is 300 g/mol. The Morgan fingerprint density at radius 1 is 1.17 bits per heavy atom. The van der Waals surface area contributed by atoms with E-state index < -0.39 is 11.6 Å². The first-order chi connectivity index (χ1) is 8.56. The van der Waals surface area contributed by atoms with E-state index in [1.54, 1.807) is 0 Å². The van der Waals surface area contributed by atoms with Crippen molar-refractivity contribution in [1.29, 1.82) is 0 Å². The smallest absolute Gasteiger partial charge is 0.126 e. The van der Waals surface area contributed by atoms with E-state index in [1.807, 2.05) is 7.05 Å². The highest BCUT2D eigenvalue weighted by Crippen LogP contribution is 2.28. The van der Waals surface area contributed by atoms with Crippen LogP contribution in [-0.2, 0) is 6.54 Å². The van der Waals surface area contributed by atoms with E-state index in [1.165, 1.54) is 31.4 Å². The largest absolute Gasteiger partial charge is 0.298 e. The lowest BCUT2D eigenvalue weighted by molar-refractivity contribution is 0.192. The molecule has 0 amide bonds. The molecule has 18 heavy (non-hydrogen) atoms. The summed E-state index contributed by atoms with van der Waals surface area (Å²) in [5, 5.41) is 0. The van der Waals surface area contributed by atoms with Gasteiger partial charge in [0.15, 0.2) is 0 Å². The first-order valence-corrected chi connectivity index (χ1v) is 7.27. The summed E-state index contributed by atoms with van der Waals surface area (Å²) in [6.45, 7) is 0.585. The molecule has 0 aromatic heterocycles. The molecule has 1 aliphatic carbocycles. The van der Waals surface area contributed by atoms with Crippen molar-refractivity contribution in [1.82, 2.24) is 4.90 Å². The molecule has 2 atom stereocenters. The predicted molar refractivity (Wildman–Crippen MR) is 72.8 cm³/mol. The van der Waals surface area contributed by atoms with Crippen LogP contribution in [0, 0.1) is 11.6 Å². The maximum atomic E-state index is 13.1. The quantitative estimate of drug-likeness (QED) is 0.758. The molecule has 0 N–H and O–H groups in total. The molecule has 0 spiro atoms. The molecule has 1 saturated carbocycles. The summed E-state index contributed by atoms with van der Waals surface area (Å²) in [5.74, 6) is -1.00. The van der Waals surface area contributed by atoms with Gasteiger partial charge in [0, 0.05) is 23.5 Å². The number of hydrogen-bond donors (Lipinski definition) is 0. The number of benzene rings is 1. The Bertz CT molecular complexity index is 391. The minimum Gasteiger partial charge on any atom is -0.298 e. The van der Waals surface area contributed by atoms with Crippen molar-refractivity contribution in [3.05, 3.63) is 35.4 Å². The van der Waals surface area contributed by atoms with E-state index in [0.29, 0.717) is 23.0 Å². The van der Waals surface area contributed by atoms with E-state index in [0.717, 1.165) is 12.5 Å². The van der Waals surface area contributed by atoms with Crippen LogP contribution >= 0.6 is 15.9 Å². The first-order valence-electron chi connectivity index (χ1n) is 6.35. The molecule has 1 aliphatic rings. The zero-order valence-electron chi connectivity index (χ0n) is 10.5. The third kappa shape index (κ3) is 3.51. The van der Waals surface area contributed by atoms with Crippen LogP contribution in [0.2, 0.25) is 0 Å². The lowest BCUT2D eigenvalue weighted by Gasteiger charge is -2.35. The molecule has 1 fully saturated rings. The fourth-order valence-electron chi connectivity index (χ4n) is 2.67. The van der Waals surface area contributed by atoms with Crippen molar-refractivity contribution >= 4 is 15.9 Å². The van der Waals surface area contributed by atoms with Crippen molar-refractivity contribution in [2.24, 2.45) is 0 Å². The van der Waals surface area contributed by atoms with Gasteiger partial charge in [-0.2, -0.15) is 0 Å². The van der Waals surface area contributed by atoms with Crippen LogP contribution in [0.25, 0.3) is 0 Å². The molecule has 1 aromatic carbocycles. The monoisotopic (exact) mass is 317 g/mol. The fourth-order valence-corrected chi connectivity index (χ4v) is 3.66. The van der Waals surface area contributed by atoms with Crippen molar-refractivity contribution < 1.29 is 8.78 Å². The van der Waals surface area contributed by atoms with Gasteiger partial charge in [-0.25, -0.2) is 8.78 Å². The summed E-state index contributed by atoms with van der Waals surface area (Å²) in [4.78, 5) is 2.67. The van der Waals surface area contributed by atoms with Crippen LogP contribution in [0.4, 0.5) is 8.78 Å². The Balaban J connectivity index is 2.03. The number of rotatable bonds is 3. The lowest BCUT2D eigenvalue weighted by Crippen LogP contribution is -2.40. The Labute approximate surface area is 115 Å². The van der Waals surface area contributed by atoms with Crippen LogP contribution in [0.1, 0.15) is 31.2 Å². The lowest BCUT2D eigenvalue weighted by atomic mass is 9.94. The molecule has 100 valence electrons. The van der Waals surface area contributed by atoms with E-state index in [-0.39, 0.29) is 0 Å². The van der Waals surface area contributed by atoms with Gasteiger partial charge in [0.25, 0.3) is 0 Å². The van der Waals surface area contributed by atoms with Gasteiger partial charge < -0.3 is 0 Å². The number of hydrogen-bond acceptors (Lipinski definition) is 1. The summed E-state index contributed by atoms with van der Waals surface area (Å²) >= 11 is 3.71. The second kappa shape index (κ2) is 6.11. The molecule has 4 heteroatoms. The Kier molecular flexibility index (Phi) is 4.73. The molecule has 0 bridgehead atoms. The van der Waals surface area contributed by atoms with E-state index >= 15 is 0 Å². The summed E-state index contributed by atoms with van der Waals surface area (Å²) in [5.41, 5.74) is 0.695. The van der Waals surface area contributed by atoms with Gasteiger partial charge in [-0.05, 0) is 37.6 Å². The molecule has 1 aromatic rings. The maximum Gasteiger partial charge on any atom is 0.126 e. The summed E-state index contributed by atoms with van der Waals surface area (Å²) in [7, 11) is 2.02. The number of halogens is 3. The fraction of sp³-hybridized carbons (Fsp3) is 0.571. The molecule has 2 unspecified atom stereocenters. The average molecular weight is 318 g/mol. The summed E-state index contributed by atoms with van der Waals surface area (Å²) in [6.07, 6.45) is 4.81. The molecule has 0 aliphatic heterocycles. The highest BCUT2D eigenvalue weighted by Gasteiger charge is 2.26. The first kappa shape index (κ1) is 13.9. The topological polar surface area (TPSA) is 3.24 Å². The van der Waals surface area contributed by atoms with Gasteiger partial charge in [0.2, 0.25) is 0 Å². The third-order valence-electron chi connectivity index (χ3n) is 3.57. The van der Waals surface area contributed by atoms with Gasteiger partial charge >= 0.3 is 0 Å². The zero-order chi connectivity index (χ0) is 13.1. The van der Waals surface area contributed by atoms with Gasteiger partial charge in [-0.3, -0.25) is 4.90 Å². The SMILES string of the molecule is CN(Cc1cc(F)cc(F)c1)C1CCCCC1Br. The molecule has 2 rings (SSSR count). The normalized spacial score (nSPS) is 24.5. The minimum absolute atomic E-state index is 0.449. The minimum atomic E-state index is -0.502. The van der Waals surface area contributed by atoms with Crippen molar-refractivity contribution in [2.75, 3.05) is 7.05 Å². The number of alkyl halides is 1. The Hall–Kier alpha value is -0.480. The van der Waals surface area contributed by atoms with Gasteiger partial charge in [0.05, 0.1) is 0 Å². The van der Waals surface area contributed by atoms with Crippen LogP contribution in [-0.4, -0.2) is 22.8 Å². The molecular formula is C14H18BrF2N. The second-order valence-electron chi connectivity index (χ2n) is 5.06. The Morgan fingerprint density at radius 2 is 1.78 bits per heavy atom. The summed E-state index contributed by atoms with van der Waals surface area (Å²) in [6, 6.07) is 4.18. The van der Waals surface area contributed by atoms with Crippen LogP contribution in [0.3, 0.4) is 0 Å². The van der Waals surface area contributed by atoms with Crippen LogP contribution in [0.5, 0.6) is 0 Å². The van der Waals surface area contributed by atoms with Crippen molar-refractivity contribution in [2.45, 2.75) is 43.1 Å². The van der Waals surface area contributed by atoms with Gasteiger partial charge in [0.1, 0.15) is 11.6 Å². The van der Waals surface area contributed by atoms with Crippen molar-refractivity contribution in [3.63, 3.8) is 0 Å². The highest BCUT2D eigenvalue weighted by atomic mass is 79.9. The Morgan fingerprint density at radius 3 is 2.39 bits per heavy atom. The highest BCUT2D eigenvalue weighted by molar-refractivity contribution is 9.09. The molecule has 1 nitrogen and oxygen atoms in total. The standard InChI is InChI=1S/C14H18BrF2N/c1-18(14-5-3-2-4-13(14)15)9-10-6-11(16)8-12(17)7-10/h6-8,13-14H,2-5,9H2,1H3. The second-order valence-corrected chi connectivity index (χ2v) is 6.24. The average Bonchev–Trinajstić information content (AvgIpc) is 2.27. The summed E-state index contributed by atoms with van der Waals surface area (Å²) < 4.78 is 26.3. The van der Waals surface area contributed by atoms with E-state index in [9.17, 15) is 8.78 Å². The van der Waals surface area contributed by atoms with Crippen LogP contribution < -0.4 is 0 Å². The van der Waals surface area contributed by atoms with E-state index in [2.05, 4.69) is 20.8 Å². The van der Waals surface area contributed by atoms with Crippen molar-refractivity contribution in [3.8, 4) is 0 Å². The molecule has 0 saturated heterocycles. The molecule has 0 radical (unpaired) electrons. The van der Waals surface area contributed by atoms with Crippen LogP contribution in [0.15, 0.2) is 18.2 Å². The third-order valence-corrected chi connectivity index (χ3v) is 4.64.